The molecule has 0 fully saturated rings. The zero-order chi connectivity index (χ0) is 14.1. The Hall–Kier alpha value is -2.86. The van der Waals surface area contributed by atoms with E-state index >= 15 is 0 Å². The average molecular weight is 271 g/mol. The average Bonchev–Trinajstić information content (AvgIpc) is 2.97. The van der Waals surface area contributed by atoms with Crippen molar-refractivity contribution < 1.29 is 0 Å². The van der Waals surface area contributed by atoms with Crippen LogP contribution in [0.15, 0.2) is 54.6 Å². The Morgan fingerprint density at radius 3 is 2.62 bits per heavy atom. The lowest BCUT2D eigenvalue weighted by molar-refractivity contribution is 0.583. The van der Waals surface area contributed by atoms with Crippen LogP contribution in [0.5, 0.6) is 0 Å². The second kappa shape index (κ2) is 4.92. The number of aryl methyl sites for hydroxylation is 2. The molecule has 100 valence electrons. The Kier molecular flexibility index (Phi) is 2.79. The van der Waals surface area contributed by atoms with Crippen LogP contribution < -0.4 is 0 Å². The summed E-state index contributed by atoms with van der Waals surface area (Å²) in [7, 11) is 0. The van der Waals surface area contributed by atoms with Gasteiger partial charge in [-0.1, -0.05) is 53.6 Å². The van der Waals surface area contributed by atoms with Gasteiger partial charge in [-0.2, -0.15) is 0 Å². The van der Waals surface area contributed by atoms with Gasteiger partial charge in [0.15, 0.2) is 5.69 Å². The number of nitrogens with zero attached hydrogens (tertiary/aromatic N) is 3. The highest BCUT2D eigenvalue weighted by molar-refractivity contribution is 5.70. The van der Waals surface area contributed by atoms with Crippen molar-refractivity contribution >= 4 is 0 Å². The first-order chi connectivity index (χ1) is 10.4. The summed E-state index contributed by atoms with van der Waals surface area (Å²) >= 11 is 0. The van der Waals surface area contributed by atoms with E-state index < -0.39 is 0 Å². The standard InChI is InChI=1S/C18H13N3/c1-2-6-14(7-3-1)10-11-17-18-16-9-5-4-8-15(16)12-13-21(18)20-19-17/h1-9H,12-13H2. The minimum absolute atomic E-state index is 0.756. The van der Waals surface area contributed by atoms with E-state index in [1.54, 1.807) is 0 Å². The van der Waals surface area contributed by atoms with Crippen molar-refractivity contribution in [2.24, 2.45) is 0 Å². The molecule has 0 aliphatic carbocycles. The van der Waals surface area contributed by atoms with E-state index in [-0.39, 0.29) is 0 Å². The molecule has 1 aromatic heterocycles. The van der Waals surface area contributed by atoms with Crippen LogP contribution in [0, 0.1) is 11.8 Å². The van der Waals surface area contributed by atoms with E-state index in [0.29, 0.717) is 0 Å². The monoisotopic (exact) mass is 271 g/mol. The maximum Gasteiger partial charge on any atom is 0.163 e. The van der Waals surface area contributed by atoms with Gasteiger partial charge in [-0.15, -0.1) is 5.10 Å². The highest BCUT2D eigenvalue weighted by atomic mass is 15.4. The van der Waals surface area contributed by atoms with E-state index in [9.17, 15) is 0 Å². The predicted molar refractivity (Wildman–Crippen MR) is 81.6 cm³/mol. The minimum Gasteiger partial charge on any atom is -0.243 e. The van der Waals surface area contributed by atoms with E-state index in [1.165, 1.54) is 11.1 Å². The van der Waals surface area contributed by atoms with Crippen LogP contribution >= 0.6 is 0 Å². The van der Waals surface area contributed by atoms with Gasteiger partial charge >= 0.3 is 0 Å². The van der Waals surface area contributed by atoms with Gasteiger partial charge in [-0.25, -0.2) is 4.68 Å². The highest BCUT2D eigenvalue weighted by Gasteiger charge is 2.20. The summed E-state index contributed by atoms with van der Waals surface area (Å²) in [5.41, 5.74) is 5.33. The zero-order valence-corrected chi connectivity index (χ0v) is 11.5. The zero-order valence-electron chi connectivity index (χ0n) is 11.5. The maximum atomic E-state index is 4.25. The molecule has 0 spiro atoms. The molecule has 2 aromatic carbocycles. The Labute approximate surface area is 123 Å². The Morgan fingerprint density at radius 1 is 0.905 bits per heavy atom. The van der Waals surface area contributed by atoms with Crippen LogP contribution in [0.2, 0.25) is 0 Å². The number of hydrogen-bond acceptors (Lipinski definition) is 2. The Morgan fingerprint density at radius 2 is 1.71 bits per heavy atom. The molecule has 0 unspecified atom stereocenters. The number of benzene rings is 2. The molecule has 0 N–H and O–H groups in total. The van der Waals surface area contributed by atoms with E-state index in [0.717, 1.165) is 29.9 Å². The number of aromatic nitrogens is 3. The van der Waals surface area contributed by atoms with Crippen molar-refractivity contribution in [2.45, 2.75) is 13.0 Å². The van der Waals surface area contributed by atoms with Crippen molar-refractivity contribution in [3.05, 3.63) is 71.4 Å². The molecule has 0 radical (unpaired) electrons. The van der Waals surface area contributed by atoms with Gasteiger partial charge in [-0.3, -0.25) is 0 Å². The topological polar surface area (TPSA) is 30.7 Å². The van der Waals surface area contributed by atoms with Gasteiger partial charge in [0.25, 0.3) is 0 Å². The number of fused-ring (bicyclic) bond motifs is 3. The number of rotatable bonds is 0. The largest absolute Gasteiger partial charge is 0.243 e. The fourth-order valence-electron chi connectivity index (χ4n) is 2.67. The first-order valence-corrected chi connectivity index (χ1v) is 7.01. The van der Waals surface area contributed by atoms with Gasteiger partial charge in [0.1, 0.15) is 5.69 Å². The molecular formula is C18H13N3. The smallest absolute Gasteiger partial charge is 0.163 e. The first-order valence-electron chi connectivity index (χ1n) is 7.01. The third kappa shape index (κ3) is 2.11. The first kappa shape index (κ1) is 11.9. The van der Waals surface area contributed by atoms with Crippen LogP contribution in [0.1, 0.15) is 16.8 Å². The normalized spacial score (nSPS) is 12.0. The Bertz CT molecular complexity index is 851. The van der Waals surface area contributed by atoms with E-state index in [1.807, 2.05) is 35.0 Å². The molecule has 3 nitrogen and oxygen atoms in total. The summed E-state index contributed by atoms with van der Waals surface area (Å²) in [5, 5.41) is 8.48. The molecule has 0 saturated heterocycles. The van der Waals surface area contributed by atoms with Crippen molar-refractivity contribution in [1.82, 2.24) is 15.0 Å². The maximum absolute atomic E-state index is 4.25. The molecule has 1 aliphatic rings. The molecule has 0 saturated carbocycles. The SMILES string of the molecule is C(#Cc1nnn2c1-c1ccccc1CC2)c1ccccc1. The van der Waals surface area contributed by atoms with Crippen LogP contribution in [0.3, 0.4) is 0 Å². The summed E-state index contributed by atoms with van der Waals surface area (Å²) < 4.78 is 1.96. The van der Waals surface area contributed by atoms with Crippen LogP contribution in [0.4, 0.5) is 0 Å². The number of hydrogen-bond donors (Lipinski definition) is 0. The third-order valence-corrected chi connectivity index (χ3v) is 3.70. The minimum atomic E-state index is 0.756. The molecule has 3 aromatic rings. The molecule has 2 heterocycles. The van der Waals surface area contributed by atoms with E-state index in [2.05, 4.69) is 46.4 Å². The lowest BCUT2D eigenvalue weighted by Gasteiger charge is -2.16. The second-order valence-electron chi connectivity index (χ2n) is 5.03. The van der Waals surface area contributed by atoms with Gasteiger partial charge in [0.05, 0.1) is 0 Å². The fourth-order valence-corrected chi connectivity index (χ4v) is 2.67. The van der Waals surface area contributed by atoms with Gasteiger partial charge in [0, 0.05) is 17.7 Å². The molecule has 21 heavy (non-hydrogen) atoms. The van der Waals surface area contributed by atoms with Gasteiger partial charge in [0.2, 0.25) is 0 Å². The lowest BCUT2D eigenvalue weighted by Crippen LogP contribution is -2.12. The summed E-state index contributed by atoms with van der Waals surface area (Å²) in [4.78, 5) is 0. The second-order valence-corrected chi connectivity index (χ2v) is 5.03. The molecule has 0 atom stereocenters. The van der Waals surface area contributed by atoms with Crippen molar-refractivity contribution in [3.8, 4) is 23.1 Å². The summed E-state index contributed by atoms with van der Waals surface area (Å²) in [6, 6.07) is 18.4. The fraction of sp³-hybridized carbons (Fsp3) is 0.111. The molecule has 0 bridgehead atoms. The van der Waals surface area contributed by atoms with Crippen molar-refractivity contribution in [1.29, 1.82) is 0 Å². The molecule has 1 aliphatic heterocycles. The molecule has 0 amide bonds. The van der Waals surface area contributed by atoms with Gasteiger partial charge < -0.3 is 0 Å². The van der Waals surface area contributed by atoms with Gasteiger partial charge in [-0.05, 0) is 30.0 Å². The lowest BCUT2D eigenvalue weighted by atomic mass is 9.97. The molecule has 3 heteroatoms. The van der Waals surface area contributed by atoms with Crippen molar-refractivity contribution in [2.75, 3.05) is 0 Å². The quantitative estimate of drug-likeness (QED) is 0.589. The van der Waals surface area contributed by atoms with E-state index in [4.69, 9.17) is 0 Å². The van der Waals surface area contributed by atoms with Crippen molar-refractivity contribution in [3.63, 3.8) is 0 Å². The Balaban J connectivity index is 1.81. The third-order valence-electron chi connectivity index (χ3n) is 3.70. The van der Waals surface area contributed by atoms with Crippen LogP contribution in [-0.2, 0) is 13.0 Å². The molecule has 4 rings (SSSR count). The summed E-state index contributed by atoms with van der Waals surface area (Å²) in [6.07, 6.45) is 0.998. The summed E-state index contributed by atoms with van der Waals surface area (Å²) in [6.45, 7) is 0.867. The summed E-state index contributed by atoms with van der Waals surface area (Å²) in [5.74, 6) is 6.33. The highest BCUT2D eigenvalue weighted by Crippen LogP contribution is 2.30. The predicted octanol–water partition coefficient (Wildman–Crippen LogP) is 2.90. The van der Waals surface area contributed by atoms with Crippen LogP contribution in [-0.4, -0.2) is 15.0 Å². The van der Waals surface area contributed by atoms with Crippen LogP contribution in [0.25, 0.3) is 11.3 Å². The molecular weight excluding hydrogens is 258 g/mol.